The quantitative estimate of drug-likeness (QED) is 0.352. The van der Waals surface area contributed by atoms with Gasteiger partial charge >= 0.3 is 0 Å². The Morgan fingerprint density at radius 1 is 1.06 bits per heavy atom. The van der Waals surface area contributed by atoms with Crippen LogP contribution in [0.2, 0.25) is 0 Å². The topological polar surface area (TPSA) is 98.7 Å². The summed E-state index contributed by atoms with van der Waals surface area (Å²) in [5.41, 5.74) is 0.992. The highest BCUT2D eigenvalue weighted by atomic mass is 16.3. The Balaban J connectivity index is 1.86. The summed E-state index contributed by atoms with van der Waals surface area (Å²) in [6.45, 7) is 3.02. The van der Waals surface area contributed by atoms with Crippen LogP contribution in [0.15, 0.2) is 42.5 Å². The highest BCUT2D eigenvalue weighted by Gasteiger charge is 2.56. The maximum Gasteiger partial charge on any atom is 0.243 e. The van der Waals surface area contributed by atoms with Crippen LogP contribution in [0, 0.1) is 23.7 Å². The Hall–Kier alpha value is -2.67. The van der Waals surface area contributed by atoms with Crippen molar-refractivity contribution in [3.05, 3.63) is 48.0 Å². The number of fused-ring (bicyclic) bond motifs is 1. The van der Waals surface area contributed by atoms with Gasteiger partial charge in [0.15, 0.2) is 0 Å². The molecule has 5 atom stereocenters. The molecule has 2 aliphatic rings. The first kappa shape index (κ1) is 25.0. The number of benzene rings is 1. The highest BCUT2D eigenvalue weighted by Crippen LogP contribution is 2.45. The van der Waals surface area contributed by atoms with Crippen molar-refractivity contribution in [2.45, 2.75) is 51.6 Å². The molecule has 1 saturated heterocycles. The summed E-state index contributed by atoms with van der Waals surface area (Å²) in [6, 6.07) is 9.05. The lowest BCUT2D eigenvalue weighted by Gasteiger charge is -2.34. The summed E-state index contributed by atoms with van der Waals surface area (Å²) in [7, 11) is 1.61. The number of aliphatic hydroxyl groups excluding tert-OH is 1. The van der Waals surface area contributed by atoms with Gasteiger partial charge in [0.25, 0.3) is 0 Å². The molecule has 1 aromatic rings. The number of allylic oxidation sites excluding steroid dienone is 1. The van der Waals surface area contributed by atoms with Crippen molar-refractivity contribution in [3.8, 4) is 0 Å². The molecule has 7 heteroatoms. The average molecular weight is 456 g/mol. The maximum atomic E-state index is 13.7. The average Bonchev–Trinajstić information content (AvgIpc) is 3.12. The minimum absolute atomic E-state index is 0.0116. The predicted molar refractivity (Wildman–Crippen MR) is 127 cm³/mol. The third kappa shape index (κ3) is 5.64. The molecule has 0 radical (unpaired) electrons. The number of nitrogens with zero attached hydrogens (tertiary/aromatic N) is 1. The molecule has 1 heterocycles. The van der Waals surface area contributed by atoms with E-state index in [1.165, 1.54) is 0 Å². The Labute approximate surface area is 196 Å². The number of nitrogens with one attached hydrogen (secondary N) is 2. The molecule has 1 aromatic carbocycles. The second-order valence-electron chi connectivity index (χ2n) is 9.04. The normalized spacial score (nSPS) is 26.2. The molecule has 0 saturated carbocycles. The first-order chi connectivity index (χ1) is 16.0. The second kappa shape index (κ2) is 12.0. The first-order valence-corrected chi connectivity index (χ1v) is 12.2. The molecular weight excluding hydrogens is 418 g/mol. The van der Waals surface area contributed by atoms with Gasteiger partial charge in [0.1, 0.15) is 6.04 Å². The third-order valence-electron chi connectivity index (χ3n) is 6.92. The van der Waals surface area contributed by atoms with E-state index < -0.39 is 17.9 Å². The monoisotopic (exact) mass is 455 g/mol. The number of aliphatic hydroxyl groups is 1. The SMILES string of the molecule is CCC[C@@H]1C=C[C@H]2[C@@H](C(=O)N(CCCCCO)[C@@H]2C(=O)NCc2ccccc2)[C@@H]1C(=O)NC. The number of likely N-dealkylation sites (tertiary alicyclic amines) is 1. The van der Waals surface area contributed by atoms with Gasteiger partial charge in [-0.3, -0.25) is 14.4 Å². The summed E-state index contributed by atoms with van der Waals surface area (Å²) in [4.78, 5) is 41.6. The van der Waals surface area contributed by atoms with E-state index in [1.54, 1.807) is 11.9 Å². The zero-order valence-electron chi connectivity index (χ0n) is 19.7. The van der Waals surface area contributed by atoms with Crippen LogP contribution in [-0.4, -0.2) is 54.0 Å². The van der Waals surface area contributed by atoms with Gasteiger partial charge in [0, 0.05) is 32.7 Å². The standard InChI is InChI=1S/C26H37N3O4/c1-3-10-19-13-14-20-22(21(19)24(31)27-2)26(33)29(15-8-5-9-16-30)23(20)25(32)28-17-18-11-6-4-7-12-18/h4,6-7,11-14,19-23,30H,3,5,8-10,15-17H2,1-2H3,(H,27,31)(H,28,32)/t19-,20+,21-,22-,23+/m1/s1. The number of rotatable bonds is 11. The van der Waals surface area contributed by atoms with Crippen molar-refractivity contribution in [2.24, 2.45) is 23.7 Å². The molecule has 1 aliphatic carbocycles. The molecule has 0 unspecified atom stereocenters. The molecule has 7 nitrogen and oxygen atoms in total. The molecule has 1 fully saturated rings. The van der Waals surface area contributed by atoms with Crippen LogP contribution in [0.1, 0.15) is 44.6 Å². The van der Waals surface area contributed by atoms with Gasteiger partial charge in [-0.25, -0.2) is 0 Å². The Kier molecular flexibility index (Phi) is 9.06. The summed E-state index contributed by atoms with van der Waals surface area (Å²) >= 11 is 0. The largest absolute Gasteiger partial charge is 0.396 e. The van der Waals surface area contributed by atoms with E-state index >= 15 is 0 Å². The summed E-state index contributed by atoms with van der Waals surface area (Å²) in [6.07, 6.45) is 7.95. The van der Waals surface area contributed by atoms with Crippen molar-refractivity contribution in [2.75, 3.05) is 20.2 Å². The number of hydrogen-bond acceptors (Lipinski definition) is 4. The smallest absolute Gasteiger partial charge is 0.243 e. The van der Waals surface area contributed by atoms with E-state index in [-0.39, 0.29) is 36.2 Å². The third-order valence-corrected chi connectivity index (χ3v) is 6.92. The zero-order valence-corrected chi connectivity index (χ0v) is 19.7. The van der Waals surface area contributed by atoms with Crippen molar-refractivity contribution >= 4 is 17.7 Å². The number of carbonyl (C=O) groups is 3. The molecule has 0 bridgehead atoms. The summed E-state index contributed by atoms with van der Waals surface area (Å²) < 4.78 is 0. The van der Waals surface area contributed by atoms with Gasteiger partial charge < -0.3 is 20.6 Å². The molecule has 33 heavy (non-hydrogen) atoms. The zero-order chi connectivity index (χ0) is 23.8. The Morgan fingerprint density at radius 3 is 2.48 bits per heavy atom. The van der Waals surface area contributed by atoms with Crippen molar-refractivity contribution < 1.29 is 19.5 Å². The first-order valence-electron chi connectivity index (χ1n) is 12.2. The Bertz CT molecular complexity index is 841. The fourth-order valence-corrected chi connectivity index (χ4v) is 5.33. The van der Waals surface area contributed by atoms with E-state index in [2.05, 4.69) is 17.6 Å². The Morgan fingerprint density at radius 2 is 1.82 bits per heavy atom. The minimum Gasteiger partial charge on any atom is -0.396 e. The lowest BCUT2D eigenvalue weighted by molar-refractivity contribution is -0.140. The number of hydrogen-bond donors (Lipinski definition) is 3. The fraction of sp³-hybridized carbons (Fsp3) is 0.577. The van der Waals surface area contributed by atoms with Crippen molar-refractivity contribution in [1.82, 2.24) is 15.5 Å². The van der Waals surface area contributed by atoms with Gasteiger partial charge in [-0.15, -0.1) is 0 Å². The summed E-state index contributed by atoms with van der Waals surface area (Å²) in [5, 5.41) is 14.9. The van der Waals surface area contributed by atoms with E-state index in [0.29, 0.717) is 25.9 Å². The van der Waals surface area contributed by atoms with E-state index in [4.69, 9.17) is 5.11 Å². The van der Waals surface area contributed by atoms with Crippen LogP contribution in [0.4, 0.5) is 0 Å². The van der Waals surface area contributed by atoms with Crippen LogP contribution in [0.5, 0.6) is 0 Å². The van der Waals surface area contributed by atoms with Crippen LogP contribution in [0.3, 0.4) is 0 Å². The minimum atomic E-state index is -0.633. The van der Waals surface area contributed by atoms with Crippen molar-refractivity contribution in [3.63, 3.8) is 0 Å². The molecule has 3 rings (SSSR count). The lowest BCUT2D eigenvalue weighted by atomic mass is 9.68. The van der Waals surface area contributed by atoms with Gasteiger partial charge in [0.05, 0.1) is 11.8 Å². The number of amides is 3. The highest BCUT2D eigenvalue weighted by molar-refractivity contribution is 5.96. The van der Waals surface area contributed by atoms with Crippen LogP contribution >= 0.6 is 0 Å². The van der Waals surface area contributed by atoms with Crippen LogP contribution < -0.4 is 10.6 Å². The molecular formula is C26H37N3O4. The van der Waals surface area contributed by atoms with Crippen molar-refractivity contribution in [1.29, 1.82) is 0 Å². The van der Waals surface area contributed by atoms with Crippen LogP contribution in [0.25, 0.3) is 0 Å². The number of carbonyl (C=O) groups excluding carboxylic acids is 3. The number of unbranched alkanes of at least 4 members (excludes halogenated alkanes) is 2. The molecule has 0 spiro atoms. The van der Waals surface area contributed by atoms with Crippen LogP contribution in [-0.2, 0) is 20.9 Å². The van der Waals surface area contributed by atoms with E-state index in [9.17, 15) is 14.4 Å². The summed E-state index contributed by atoms with van der Waals surface area (Å²) in [5.74, 6) is -1.77. The van der Waals surface area contributed by atoms with Gasteiger partial charge in [-0.2, -0.15) is 0 Å². The van der Waals surface area contributed by atoms with Gasteiger partial charge in [-0.1, -0.05) is 55.8 Å². The molecule has 3 amide bonds. The second-order valence-corrected chi connectivity index (χ2v) is 9.04. The molecule has 0 aromatic heterocycles. The van der Waals surface area contributed by atoms with E-state index in [0.717, 1.165) is 24.8 Å². The van der Waals surface area contributed by atoms with Gasteiger partial charge in [0.2, 0.25) is 17.7 Å². The molecule has 3 N–H and O–H groups in total. The predicted octanol–water partition coefficient (Wildman–Crippen LogP) is 2.26. The molecule has 1 aliphatic heterocycles. The van der Waals surface area contributed by atoms with E-state index in [1.807, 2.05) is 42.5 Å². The fourth-order valence-electron chi connectivity index (χ4n) is 5.33. The molecule has 180 valence electrons. The lowest BCUT2D eigenvalue weighted by Crippen LogP contribution is -2.47. The van der Waals surface area contributed by atoms with Gasteiger partial charge in [-0.05, 0) is 37.2 Å². The maximum absolute atomic E-state index is 13.7.